The lowest BCUT2D eigenvalue weighted by molar-refractivity contribution is -0.119. The first-order valence-electron chi connectivity index (χ1n) is 7.77. The van der Waals surface area contributed by atoms with Crippen molar-refractivity contribution in [2.45, 2.75) is 12.3 Å². The maximum absolute atomic E-state index is 12.6. The van der Waals surface area contributed by atoms with Crippen LogP contribution in [0.1, 0.15) is 17.0 Å². The largest absolute Gasteiger partial charge is 0.508 e. The number of aromatic hydroxyl groups is 1. The Morgan fingerprint density at radius 3 is 2.38 bits per heavy atom. The first kappa shape index (κ1) is 16.0. The van der Waals surface area contributed by atoms with Gasteiger partial charge in [-0.3, -0.25) is 9.89 Å². The number of Topliss-reactive ketones (excluding diaryl/α,β-unsaturated/α-hetero) is 1. The van der Waals surface area contributed by atoms with Crippen molar-refractivity contribution in [1.82, 2.24) is 10.2 Å². The number of carbonyl (C=O) groups excluding carboxylic acids is 1. The van der Waals surface area contributed by atoms with Crippen LogP contribution < -0.4 is 5.73 Å². The minimum Gasteiger partial charge on any atom is -0.508 e. The molecule has 2 aromatic carbocycles. The van der Waals surface area contributed by atoms with E-state index in [-0.39, 0.29) is 24.0 Å². The van der Waals surface area contributed by atoms with Crippen LogP contribution in [0.4, 0.5) is 0 Å². The summed E-state index contributed by atoms with van der Waals surface area (Å²) in [6.45, 7) is 0.247. The van der Waals surface area contributed by atoms with Crippen LogP contribution in [0.2, 0.25) is 0 Å². The molecule has 1 unspecified atom stereocenters. The maximum atomic E-state index is 12.6. The number of phenols is 1. The molecule has 3 rings (SSSR count). The van der Waals surface area contributed by atoms with E-state index in [1.54, 1.807) is 30.5 Å². The van der Waals surface area contributed by atoms with Crippen molar-refractivity contribution in [3.05, 3.63) is 72.1 Å². The molecule has 0 aliphatic carbocycles. The molecule has 0 bridgehead atoms. The number of ketones is 1. The number of H-pyrrole nitrogens is 1. The highest BCUT2D eigenvalue weighted by atomic mass is 16.3. The molecular formula is C19H19N3O2. The average Bonchev–Trinajstić information content (AvgIpc) is 3.12. The molecule has 122 valence electrons. The Morgan fingerprint density at radius 2 is 1.79 bits per heavy atom. The zero-order valence-electron chi connectivity index (χ0n) is 13.1. The monoisotopic (exact) mass is 321 g/mol. The van der Waals surface area contributed by atoms with E-state index in [0.717, 1.165) is 22.3 Å². The molecule has 24 heavy (non-hydrogen) atoms. The number of phenolic OH excluding ortho intramolecular Hbond substituents is 1. The second-order valence-electron chi connectivity index (χ2n) is 5.71. The van der Waals surface area contributed by atoms with Gasteiger partial charge in [-0.15, -0.1) is 0 Å². The van der Waals surface area contributed by atoms with Crippen molar-refractivity contribution < 1.29 is 9.90 Å². The van der Waals surface area contributed by atoms with Crippen molar-refractivity contribution in [2.24, 2.45) is 5.73 Å². The molecular weight excluding hydrogens is 302 g/mol. The van der Waals surface area contributed by atoms with Crippen molar-refractivity contribution >= 4 is 5.78 Å². The molecule has 1 heterocycles. The van der Waals surface area contributed by atoms with Crippen LogP contribution in [0.25, 0.3) is 11.1 Å². The maximum Gasteiger partial charge on any atom is 0.145 e. The summed E-state index contributed by atoms with van der Waals surface area (Å²) in [6.07, 6.45) is 3.92. The summed E-state index contributed by atoms with van der Waals surface area (Å²) < 4.78 is 0. The van der Waals surface area contributed by atoms with Gasteiger partial charge in [0.15, 0.2) is 0 Å². The van der Waals surface area contributed by atoms with Crippen molar-refractivity contribution in [3.8, 4) is 16.9 Å². The number of rotatable bonds is 6. The van der Waals surface area contributed by atoms with Gasteiger partial charge in [-0.05, 0) is 28.8 Å². The predicted molar refractivity (Wildman–Crippen MR) is 92.6 cm³/mol. The molecule has 0 spiro atoms. The van der Waals surface area contributed by atoms with Gasteiger partial charge in [0.25, 0.3) is 0 Å². The highest BCUT2D eigenvalue weighted by Crippen LogP contribution is 2.22. The zero-order chi connectivity index (χ0) is 16.9. The van der Waals surface area contributed by atoms with Crippen molar-refractivity contribution in [1.29, 1.82) is 0 Å². The number of nitrogens with one attached hydrogen (secondary N) is 1. The van der Waals surface area contributed by atoms with E-state index in [1.165, 1.54) is 0 Å². The highest BCUT2D eigenvalue weighted by molar-refractivity contribution is 5.88. The zero-order valence-corrected chi connectivity index (χ0v) is 13.1. The van der Waals surface area contributed by atoms with Gasteiger partial charge in [-0.1, -0.05) is 36.4 Å². The van der Waals surface area contributed by atoms with E-state index >= 15 is 0 Å². The fourth-order valence-electron chi connectivity index (χ4n) is 2.71. The van der Waals surface area contributed by atoms with Crippen LogP contribution in [0, 0.1) is 0 Å². The number of benzene rings is 2. The SMILES string of the molecule is NCC(C(=O)Cc1ccc(-c2cn[nH]c2)cc1)c1ccc(O)cc1. The number of carbonyl (C=O) groups is 1. The smallest absolute Gasteiger partial charge is 0.145 e. The molecule has 0 amide bonds. The Kier molecular flexibility index (Phi) is 4.72. The fraction of sp³-hybridized carbons (Fsp3) is 0.158. The normalized spacial score (nSPS) is 12.0. The molecule has 0 radical (unpaired) electrons. The highest BCUT2D eigenvalue weighted by Gasteiger charge is 2.19. The number of aromatic nitrogens is 2. The lowest BCUT2D eigenvalue weighted by Gasteiger charge is -2.14. The van der Waals surface area contributed by atoms with Gasteiger partial charge < -0.3 is 10.8 Å². The van der Waals surface area contributed by atoms with Gasteiger partial charge in [0, 0.05) is 24.7 Å². The van der Waals surface area contributed by atoms with Gasteiger partial charge in [-0.2, -0.15) is 5.10 Å². The molecule has 5 nitrogen and oxygen atoms in total. The number of aromatic amines is 1. The van der Waals surface area contributed by atoms with Crippen LogP contribution in [0.5, 0.6) is 5.75 Å². The third-order valence-electron chi connectivity index (χ3n) is 4.08. The summed E-state index contributed by atoms with van der Waals surface area (Å²) in [5, 5.41) is 16.1. The van der Waals surface area contributed by atoms with Gasteiger partial charge in [0.2, 0.25) is 0 Å². The topological polar surface area (TPSA) is 92.0 Å². The third kappa shape index (κ3) is 3.52. The molecule has 0 aliphatic heterocycles. The van der Waals surface area contributed by atoms with E-state index in [2.05, 4.69) is 10.2 Å². The minimum absolute atomic E-state index is 0.0688. The Labute approximate surface area is 140 Å². The molecule has 0 fully saturated rings. The van der Waals surface area contributed by atoms with Crippen molar-refractivity contribution in [3.63, 3.8) is 0 Å². The first-order chi connectivity index (χ1) is 11.7. The lowest BCUT2D eigenvalue weighted by Crippen LogP contribution is -2.23. The van der Waals surface area contributed by atoms with Crippen LogP contribution >= 0.6 is 0 Å². The Bertz CT molecular complexity index is 794. The molecule has 0 saturated carbocycles. The van der Waals surface area contributed by atoms with E-state index in [4.69, 9.17) is 5.73 Å². The van der Waals surface area contributed by atoms with Gasteiger partial charge in [0.05, 0.1) is 12.1 Å². The van der Waals surface area contributed by atoms with E-state index in [0.29, 0.717) is 6.42 Å². The molecule has 4 N–H and O–H groups in total. The number of hydrogen-bond acceptors (Lipinski definition) is 4. The molecule has 1 atom stereocenters. The standard InChI is InChI=1S/C19H19N3O2/c20-10-18(15-5-7-17(23)8-6-15)19(24)9-13-1-3-14(4-2-13)16-11-21-22-12-16/h1-8,11-12,18,23H,9-10,20H2,(H,21,22). The third-order valence-corrected chi connectivity index (χ3v) is 4.08. The predicted octanol–water partition coefficient (Wildman–Crippen LogP) is 2.64. The van der Waals surface area contributed by atoms with Gasteiger partial charge >= 0.3 is 0 Å². The quantitative estimate of drug-likeness (QED) is 0.651. The van der Waals surface area contributed by atoms with Crippen LogP contribution in [-0.2, 0) is 11.2 Å². The van der Waals surface area contributed by atoms with Gasteiger partial charge in [-0.25, -0.2) is 0 Å². The van der Waals surface area contributed by atoms with E-state index < -0.39 is 0 Å². The Hall–Kier alpha value is -2.92. The number of hydrogen-bond donors (Lipinski definition) is 3. The minimum atomic E-state index is -0.362. The fourth-order valence-corrected chi connectivity index (χ4v) is 2.71. The summed E-state index contributed by atoms with van der Waals surface area (Å²) in [5.41, 5.74) is 9.63. The van der Waals surface area contributed by atoms with Crippen LogP contribution in [0.15, 0.2) is 60.9 Å². The summed E-state index contributed by atoms with van der Waals surface area (Å²) in [5.74, 6) is -0.116. The molecule has 0 saturated heterocycles. The van der Waals surface area contributed by atoms with Gasteiger partial charge in [0.1, 0.15) is 11.5 Å². The van der Waals surface area contributed by atoms with Crippen LogP contribution in [0.3, 0.4) is 0 Å². The molecule has 0 aliphatic rings. The first-order valence-corrected chi connectivity index (χ1v) is 7.77. The summed E-state index contributed by atoms with van der Waals surface area (Å²) in [7, 11) is 0. The van der Waals surface area contributed by atoms with E-state index in [1.807, 2.05) is 30.5 Å². The lowest BCUT2D eigenvalue weighted by atomic mass is 9.91. The molecule has 3 aromatic rings. The number of nitrogens with two attached hydrogens (primary N) is 1. The molecule has 5 heteroatoms. The number of nitrogens with zero attached hydrogens (tertiary/aromatic N) is 1. The Morgan fingerprint density at radius 1 is 1.08 bits per heavy atom. The average molecular weight is 321 g/mol. The van der Waals surface area contributed by atoms with Crippen LogP contribution in [-0.4, -0.2) is 27.6 Å². The summed E-state index contributed by atoms with van der Waals surface area (Å²) >= 11 is 0. The molecule has 1 aromatic heterocycles. The summed E-state index contributed by atoms with van der Waals surface area (Å²) in [6, 6.07) is 14.5. The van der Waals surface area contributed by atoms with Crippen molar-refractivity contribution in [2.75, 3.05) is 6.54 Å². The Balaban J connectivity index is 1.72. The second-order valence-corrected chi connectivity index (χ2v) is 5.71. The summed E-state index contributed by atoms with van der Waals surface area (Å²) in [4.78, 5) is 12.6. The second kappa shape index (κ2) is 7.10. The van der Waals surface area contributed by atoms with E-state index in [9.17, 15) is 9.90 Å².